The molecule has 2 rings (SSSR count). The molecule has 2 amide bonds. The van der Waals surface area contributed by atoms with Gasteiger partial charge < -0.3 is 15.4 Å². The Morgan fingerprint density at radius 1 is 0.962 bits per heavy atom. The minimum atomic E-state index is -0.229. The number of benzene rings is 2. The smallest absolute Gasteiger partial charge is 0.251 e. The molecule has 0 aliphatic heterocycles. The van der Waals surface area contributed by atoms with Crippen molar-refractivity contribution in [3.05, 3.63) is 65.2 Å². The molecule has 0 heterocycles. The van der Waals surface area contributed by atoms with Crippen molar-refractivity contribution in [1.82, 2.24) is 10.6 Å². The first kappa shape index (κ1) is 19.5. The molecule has 5 nitrogen and oxygen atoms in total. The summed E-state index contributed by atoms with van der Waals surface area (Å²) in [5.74, 6) is 0.867. The van der Waals surface area contributed by atoms with Crippen LogP contribution in [0.25, 0.3) is 0 Å². The van der Waals surface area contributed by atoms with Gasteiger partial charge in [-0.05, 0) is 36.6 Å². The van der Waals surface area contributed by atoms with E-state index in [1.165, 1.54) is 0 Å². The van der Waals surface area contributed by atoms with Crippen molar-refractivity contribution in [2.45, 2.75) is 26.8 Å². The number of hydrogen-bond donors (Lipinski definition) is 2. The number of carbonyl (C=O) groups is 2. The van der Waals surface area contributed by atoms with Gasteiger partial charge >= 0.3 is 0 Å². The second-order valence-corrected chi connectivity index (χ2v) is 6.51. The van der Waals surface area contributed by atoms with Gasteiger partial charge in [-0.25, -0.2) is 0 Å². The van der Waals surface area contributed by atoms with E-state index in [9.17, 15) is 9.59 Å². The third-order valence-corrected chi connectivity index (χ3v) is 4.03. The summed E-state index contributed by atoms with van der Waals surface area (Å²) in [4.78, 5) is 24.6. The molecule has 26 heavy (non-hydrogen) atoms. The van der Waals surface area contributed by atoms with Gasteiger partial charge in [0.1, 0.15) is 5.75 Å². The molecule has 0 aliphatic rings. The van der Waals surface area contributed by atoms with Crippen molar-refractivity contribution in [1.29, 1.82) is 0 Å². The van der Waals surface area contributed by atoms with E-state index in [1.54, 1.807) is 31.4 Å². The highest BCUT2D eigenvalue weighted by Gasteiger charge is 2.11. The van der Waals surface area contributed by atoms with Crippen molar-refractivity contribution in [2.24, 2.45) is 5.92 Å². The molecule has 0 saturated carbocycles. The third-order valence-electron chi connectivity index (χ3n) is 4.03. The first-order chi connectivity index (χ1) is 12.5. The standard InChI is InChI=1S/C21H26N2O3/c1-15(2)11-12-22-20(24)16-8-6-9-17(13-16)21(25)23-14-18-7-4-5-10-19(18)26-3/h4-10,13,15H,11-12,14H2,1-3H3,(H,22,24)(H,23,25). The molecule has 2 aromatic carbocycles. The Hall–Kier alpha value is -2.82. The first-order valence-corrected chi connectivity index (χ1v) is 8.79. The average molecular weight is 354 g/mol. The molecule has 0 atom stereocenters. The highest BCUT2D eigenvalue weighted by molar-refractivity contribution is 5.99. The molecule has 0 fully saturated rings. The van der Waals surface area contributed by atoms with Gasteiger partial charge in [0, 0.05) is 29.8 Å². The van der Waals surface area contributed by atoms with Crippen molar-refractivity contribution in [2.75, 3.05) is 13.7 Å². The zero-order valence-electron chi connectivity index (χ0n) is 15.5. The maximum absolute atomic E-state index is 12.4. The second-order valence-electron chi connectivity index (χ2n) is 6.51. The molecular weight excluding hydrogens is 328 g/mol. The van der Waals surface area contributed by atoms with Gasteiger partial charge in [0.2, 0.25) is 0 Å². The fraction of sp³-hybridized carbons (Fsp3) is 0.333. The maximum atomic E-state index is 12.4. The summed E-state index contributed by atoms with van der Waals surface area (Å²) in [5.41, 5.74) is 1.83. The third kappa shape index (κ3) is 5.62. The first-order valence-electron chi connectivity index (χ1n) is 8.79. The van der Waals surface area contributed by atoms with E-state index in [0.29, 0.717) is 30.1 Å². The van der Waals surface area contributed by atoms with Crippen LogP contribution in [0.4, 0.5) is 0 Å². The van der Waals surface area contributed by atoms with E-state index in [-0.39, 0.29) is 11.8 Å². The Kier molecular flexibility index (Phi) is 7.21. The van der Waals surface area contributed by atoms with Gasteiger partial charge in [0.05, 0.1) is 7.11 Å². The monoisotopic (exact) mass is 354 g/mol. The van der Waals surface area contributed by atoms with Crippen molar-refractivity contribution in [3.8, 4) is 5.75 Å². The van der Waals surface area contributed by atoms with Crippen LogP contribution in [0.3, 0.4) is 0 Å². The molecule has 138 valence electrons. The van der Waals surface area contributed by atoms with Crippen molar-refractivity contribution >= 4 is 11.8 Å². The van der Waals surface area contributed by atoms with Crippen LogP contribution in [-0.4, -0.2) is 25.5 Å². The van der Waals surface area contributed by atoms with Crippen LogP contribution in [0.1, 0.15) is 46.5 Å². The Balaban J connectivity index is 1.98. The maximum Gasteiger partial charge on any atom is 0.251 e. The molecule has 0 aromatic heterocycles. The Bertz CT molecular complexity index is 756. The SMILES string of the molecule is COc1ccccc1CNC(=O)c1cccc(C(=O)NCCC(C)C)c1. The lowest BCUT2D eigenvalue weighted by Crippen LogP contribution is -2.26. The number of hydrogen-bond acceptors (Lipinski definition) is 3. The van der Waals surface area contributed by atoms with E-state index < -0.39 is 0 Å². The largest absolute Gasteiger partial charge is 0.496 e. The Morgan fingerprint density at radius 2 is 1.62 bits per heavy atom. The lowest BCUT2D eigenvalue weighted by molar-refractivity contribution is 0.0950. The summed E-state index contributed by atoms with van der Waals surface area (Å²) in [6, 6.07) is 14.3. The van der Waals surface area contributed by atoms with Crippen LogP contribution in [0.2, 0.25) is 0 Å². The van der Waals surface area contributed by atoms with Gasteiger partial charge in [0.25, 0.3) is 11.8 Å². The number of rotatable bonds is 8. The zero-order valence-corrected chi connectivity index (χ0v) is 15.5. The minimum absolute atomic E-state index is 0.162. The molecule has 0 spiro atoms. The van der Waals surface area contributed by atoms with Gasteiger partial charge in [-0.2, -0.15) is 0 Å². The topological polar surface area (TPSA) is 67.4 Å². The normalized spacial score (nSPS) is 10.5. The number of nitrogens with one attached hydrogen (secondary N) is 2. The summed E-state index contributed by atoms with van der Waals surface area (Å²) in [6.45, 7) is 5.20. The minimum Gasteiger partial charge on any atom is -0.496 e. The van der Waals surface area contributed by atoms with Gasteiger partial charge in [0.15, 0.2) is 0 Å². The van der Waals surface area contributed by atoms with Crippen LogP contribution in [-0.2, 0) is 6.54 Å². The predicted molar refractivity (Wildman–Crippen MR) is 102 cm³/mol. The molecule has 2 aromatic rings. The fourth-order valence-corrected chi connectivity index (χ4v) is 2.50. The molecule has 2 N–H and O–H groups in total. The summed E-state index contributed by atoms with van der Waals surface area (Å²) < 4.78 is 5.28. The Morgan fingerprint density at radius 3 is 2.27 bits per heavy atom. The molecule has 0 radical (unpaired) electrons. The van der Waals surface area contributed by atoms with E-state index in [2.05, 4.69) is 24.5 Å². The van der Waals surface area contributed by atoms with Gasteiger partial charge in [-0.1, -0.05) is 38.1 Å². The van der Waals surface area contributed by atoms with E-state index in [4.69, 9.17) is 4.74 Å². The van der Waals surface area contributed by atoms with Crippen molar-refractivity contribution < 1.29 is 14.3 Å². The van der Waals surface area contributed by atoms with E-state index >= 15 is 0 Å². The van der Waals surface area contributed by atoms with Crippen LogP contribution >= 0.6 is 0 Å². The summed E-state index contributed by atoms with van der Waals surface area (Å²) >= 11 is 0. The lowest BCUT2D eigenvalue weighted by atomic mass is 10.1. The van der Waals surface area contributed by atoms with Crippen LogP contribution in [0.15, 0.2) is 48.5 Å². The number of amides is 2. The molecule has 0 bridgehead atoms. The molecule has 0 saturated heterocycles. The quantitative estimate of drug-likeness (QED) is 0.763. The summed E-state index contributed by atoms with van der Waals surface area (Å²) in [5, 5.41) is 5.75. The summed E-state index contributed by atoms with van der Waals surface area (Å²) in [7, 11) is 1.60. The number of para-hydroxylation sites is 1. The lowest BCUT2D eigenvalue weighted by Gasteiger charge is -2.10. The molecule has 0 aliphatic carbocycles. The van der Waals surface area contributed by atoms with Gasteiger partial charge in [-0.3, -0.25) is 9.59 Å². The molecular formula is C21H26N2O3. The number of methoxy groups -OCH3 is 1. The van der Waals surface area contributed by atoms with Crippen LogP contribution in [0.5, 0.6) is 5.75 Å². The van der Waals surface area contributed by atoms with Gasteiger partial charge in [-0.15, -0.1) is 0 Å². The highest BCUT2D eigenvalue weighted by atomic mass is 16.5. The zero-order chi connectivity index (χ0) is 18.9. The molecule has 5 heteroatoms. The molecule has 0 unspecified atom stereocenters. The van der Waals surface area contributed by atoms with Crippen LogP contribution in [0, 0.1) is 5.92 Å². The fourth-order valence-electron chi connectivity index (χ4n) is 2.50. The predicted octanol–water partition coefficient (Wildman–Crippen LogP) is 3.40. The van der Waals surface area contributed by atoms with Crippen molar-refractivity contribution in [3.63, 3.8) is 0 Å². The average Bonchev–Trinajstić information content (AvgIpc) is 2.66. The van der Waals surface area contributed by atoms with E-state index in [1.807, 2.05) is 24.3 Å². The second kappa shape index (κ2) is 9.61. The summed E-state index contributed by atoms with van der Waals surface area (Å²) in [6.07, 6.45) is 0.921. The van der Waals surface area contributed by atoms with Crippen LogP contribution < -0.4 is 15.4 Å². The van der Waals surface area contributed by atoms with E-state index in [0.717, 1.165) is 17.7 Å². The highest BCUT2D eigenvalue weighted by Crippen LogP contribution is 2.17. The Labute approximate surface area is 154 Å². The number of ether oxygens (including phenoxy) is 1. The number of carbonyl (C=O) groups excluding carboxylic acids is 2.